The quantitative estimate of drug-likeness (QED) is 0.718. The van der Waals surface area contributed by atoms with Crippen LogP contribution in [0, 0.1) is 5.92 Å². The smallest absolute Gasteiger partial charge is 0.448 e. The summed E-state index contributed by atoms with van der Waals surface area (Å²) in [7, 11) is 1.55. The van der Waals surface area contributed by atoms with Gasteiger partial charge in [-0.15, -0.1) is 0 Å². The molecule has 0 spiro atoms. The molecule has 1 aliphatic heterocycles. The first-order valence-electron chi connectivity index (χ1n) is 5.07. The lowest BCUT2D eigenvalue weighted by Crippen LogP contribution is -2.45. The number of halogens is 3. The van der Waals surface area contributed by atoms with Crippen LogP contribution < -0.4 is 5.32 Å². The average molecular weight is 223 g/mol. The van der Waals surface area contributed by atoms with Crippen LogP contribution in [0.15, 0.2) is 0 Å². The number of rotatable bonds is 3. The van der Waals surface area contributed by atoms with Gasteiger partial charge in [0.05, 0.1) is 0 Å². The fourth-order valence-corrected chi connectivity index (χ4v) is 1.87. The molecule has 1 rings (SSSR count). The zero-order chi connectivity index (χ0) is 11.5. The van der Waals surface area contributed by atoms with Gasteiger partial charge >= 0.3 is 6.98 Å². The number of piperidine rings is 1. The van der Waals surface area contributed by atoms with Crippen molar-refractivity contribution >= 4 is 12.9 Å². The van der Waals surface area contributed by atoms with Crippen LogP contribution in [0.5, 0.6) is 0 Å². The molecule has 1 heterocycles. The van der Waals surface area contributed by atoms with Gasteiger partial charge in [0.25, 0.3) is 0 Å². The van der Waals surface area contributed by atoms with Crippen molar-refractivity contribution in [2.24, 2.45) is 5.92 Å². The van der Waals surface area contributed by atoms with Crippen molar-refractivity contribution in [2.45, 2.75) is 12.8 Å². The Bertz CT molecular complexity index is 226. The summed E-state index contributed by atoms with van der Waals surface area (Å²) < 4.78 is 36.3. The Morgan fingerprint density at radius 2 is 1.93 bits per heavy atom. The van der Waals surface area contributed by atoms with Crippen molar-refractivity contribution in [2.75, 3.05) is 26.6 Å². The molecule has 0 bridgehead atoms. The number of likely N-dealkylation sites (tertiary alicyclic amines) is 1. The van der Waals surface area contributed by atoms with E-state index in [9.17, 15) is 17.7 Å². The van der Waals surface area contributed by atoms with Gasteiger partial charge in [0.2, 0.25) is 5.91 Å². The number of hydrogen-bond donors (Lipinski definition) is 1. The summed E-state index contributed by atoms with van der Waals surface area (Å²) in [6.07, 6.45) is 0.234. The van der Waals surface area contributed by atoms with E-state index in [1.54, 1.807) is 7.05 Å². The third kappa shape index (κ3) is 4.11. The van der Waals surface area contributed by atoms with E-state index < -0.39 is 13.4 Å². The van der Waals surface area contributed by atoms with Crippen LogP contribution in [-0.2, 0) is 4.79 Å². The Labute approximate surface area is 87.1 Å². The van der Waals surface area contributed by atoms with Crippen molar-refractivity contribution in [3.8, 4) is 0 Å². The predicted octanol–water partition coefficient (Wildman–Crippen LogP) is 0.831. The maximum absolute atomic E-state index is 12.1. The highest BCUT2D eigenvalue weighted by atomic mass is 19.4. The van der Waals surface area contributed by atoms with Crippen LogP contribution in [0.1, 0.15) is 12.8 Å². The van der Waals surface area contributed by atoms with E-state index in [1.807, 2.05) is 0 Å². The molecule has 1 fully saturated rings. The SMILES string of the molecule is CNC(=O)C1CCN(C[B-](F)(F)F)CC1. The van der Waals surface area contributed by atoms with Crippen LogP contribution in [0.25, 0.3) is 0 Å². The van der Waals surface area contributed by atoms with Gasteiger partial charge in [-0.05, 0) is 32.4 Å². The van der Waals surface area contributed by atoms with Gasteiger partial charge in [0, 0.05) is 13.0 Å². The zero-order valence-electron chi connectivity index (χ0n) is 8.68. The van der Waals surface area contributed by atoms with E-state index in [0.717, 1.165) is 0 Å². The fraction of sp³-hybridized carbons (Fsp3) is 0.875. The number of carbonyl (C=O) groups is 1. The standard InChI is InChI=1S/C8H15BF3N2O/c1-13-8(15)7-2-4-14(5-3-7)6-9(10,11)12/h7H,2-6H2,1H3,(H,13,15)/q-1. The molecule has 1 aliphatic rings. The highest BCUT2D eigenvalue weighted by Gasteiger charge is 2.30. The summed E-state index contributed by atoms with van der Waals surface area (Å²) in [5.74, 6) is -0.181. The molecule has 0 aromatic rings. The number of carbonyl (C=O) groups excluding carboxylic acids is 1. The average Bonchev–Trinajstić information content (AvgIpc) is 2.15. The molecule has 3 nitrogen and oxygen atoms in total. The zero-order valence-corrected chi connectivity index (χ0v) is 8.68. The normalized spacial score (nSPS) is 20.3. The van der Waals surface area contributed by atoms with Crippen molar-refractivity contribution < 1.29 is 17.7 Å². The van der Waals surface area contributed by atoms with Crippen LogP contribution >= 0.6 is 0 Å². The molecule has 1 N–H and O–H groups in total. The molecule has 1 saturated heterocycles. The summed E-state index contributed by atoms with van der Waals surface area (Å²) in [6, 6.07) is 0. The Morgan fingerprint density at radius 1 is 1.40 bits per heavy atom. The van der Waals surface area contributed by atoms with E-state index in [2.05, 4.69) is 5.32 Å². The Balaban J connectivity index is 2.33. The summed E-state index contributed by atoms with van der Waals surface area (Å²) in [5, 5.41) is 2.52. The largest absolute Gasteiger partial charge is 0.492 e. The van der Waals surface area contributed by atoms with Crippen LogP contribution in [-0.4, -0.2) is 44.4 Å². The van der Waals surface area contributed by atoms with E-state index in [1.165, 1.54) is 4.90 Å². The molecule has 0 saturated carbocycles. The minimum absolute atomic E-state index is 0.0628. The fourth-order valence-electron chi connectivity index (χ4n) is 1.87. The Hall–Kier alpha value is -0.715. The molecule has 0 aromatic heterocycles. The molecular formula is C8H15BF3N2O-. The van der Waals surface area contributed by atoms with Crippen molar-refractivity contribution in [1.29, 1.82) is 0 Å². The lowest BCUT2D eigenvalue weighted by molar-refractivity contribution is -0.125. The molecule has 1 amide bonds. The van der Waals surface area contributed by atoms with Gasteiger partial charge in [-0.25, -0.2) is 0 Å². The Kier molecular flexibility index (Phi) is 4.01. The highest BCUT2D eigenvalue weighted by molar-refractivity contribution is 6.58. The second-order valence-corrected chi connectivity index (χ2v) is 3.90. The minimum atomic E-state index is -4.74. The molecule has 0 radical (unpaired) electrons. The molecule has 0 aliphatic carbocycles. The number of hydrogen-bond acceptors (Lipinski definition) is 2. The summed E-state index contributed by atoms with van der Waals surface area (Å²) >= 11 is 0. The monoisotopic (exact) mass is 223 g/mol. The third-order valence-electron chi connectivity index (χ3n) is 2.67. The molecule has 7 heteroatoms. The summed E-state index contributed by atoms with van der Waals surface area (Å²) in [4.78, 5) is 12.6. The maximum Gasteiger partial charge on any atom is 0.492 e. The van der Waals surface area contributed by atoms with Gasteiger partial charge in [-0.3, -0.25) is 4.79 Å². The van der Waals surface area contributed by atoms with E-state index >= 15 is 0 Å². The van der Waals surface area contributed by atoms with E-state index in [-0.39, 0.29) is 11.8 Å². The number of nitrogens with zero attached hydrogens (tertiary/aromatic N) is 1. The number of amides is 1. The van der Waals surface area contributed by atoms with E-state index in [4.69, 9.17) is 0 Å². The highest BCUT2D eigenvalue weighted by Crippen LogP contribution is 2.20. The Morgan fingerprint density at radius 3 is 2.33 bits per heavy atom. The van der Waals surface area contributed by atoms with E-state index in [0.29, 0.717) is 25.9 Å². The van der Waals surface area contributed by atoms with Crippen LogP contribution in [0.2, 0.25) is 0 Å². The second-order valence-electron chi connectivity index (χ2n) is 3.90. The minimum Gasteiger partial charge on any atom is -0.448 e. The van der Waals surface area contributed by atoms with Gasteiger partial charge in [-0.2, -0.15) is 0 Å². The van der Waals surface area contributed by atoms with Gasteiger partial charge in [-0.1, -0.05) is 0 Å². The molecule has 0 aromatic carbocycles. The lowest BCUT2D eigenvalue weighted by Gasteiger charge is -2.34. The van der Waals surface area contributed by atoms with Gasteiger partial charge < -0.3 is 23.2 Å². The van der Waals surface area contributed by atoms with Crippen LogP contribution in [0.4, 0.5) is 12.9 Å². The van der Waals surface area contributed by atoms with Crippen molar-refractivity contribution in [3.05, 3.63) is 0 Å². The van der Waals surface area contributed by atoms with Gasteiger partial charge in [0.1, 0.15) is 0 Å². The van der Waals surface area contributed by atoms with Crippen molar-refractivity contribution in [1.82, 2.24) is 10.2 Å². The maximum atomic E-state index is 12.1. The van der Waals surface area contributed by atoms with Crippen molar-refractivity contribution in [3.63, 3.8) is 0 Å². The first-order valence-corrected chi connectivity index (χ1v) is 5.07. The predicted molar refractivity (Wildman–Crippen MR) is 52.3 cm³/mol. The second kappa shape index (κ2) is 4.87. The first-order chi connectivity index (χ1) is 6.92. The number of nitrogens with one attached hydrogen (secondary N) is 1. The molecule has 0 unspecified atom stereocenters. The molecule has 88 valence electrons. The lowest BCUT2D eigenvalue weighted by atomic mass is 9.88. The molecule has 15 heavy (non-hydrogen) atoms. The third-order valence-corrected chi connectivity index (χ3v) is 2.67. The first kappa shape index (κ1) is 12.4. The van der Waals surface area contributed by atoms with Crippen LogP contribution in [0.3, 0.4) is 0 Å². The topological polar surface area (TPSA) is 32.3 Å². The molecule has 0 atom stereocenters. The summed E-state index contributed by atoms with van der Waals surface area (Å²) in [6.45, 7) is -4.02. The van der Waals surface area contributed by atoms with Gasteiger partial charge in [0.15, 0.2) is 0 Å². The molecular weight excluding hydrogens is 208 g/mol. The summed E-state index contributed by atoms with van der Waals surface area (Å²) in [5.41, 5.74) is 0.